The predicted molar refractivity (Wildman–Crippen MR) is 92.0 cm³/mol. The highest BCUT2D eigenvalue weighted by atomic mass is 16.5. The van der Waals surface area contributed by atoms with Crippen molar-refractivity contribution < 1.29 is 19.4 Å². The summed E-state index contributed by atoms with van der Waals surface area (Å²) in [4.78, 5) is 13.9. The molecule has 0 unspecified atom stereocenters. The molecule has 0 atom stereocenters. The topological polar surface area (TPSA) is 63.9 Å². The molecule has 1 fully saturated rings. The van der Waals surface area contributed by atoms with Crippen molar-refractivity contribution in [2.24, 2.45) is 0 Å². The maximum Gasteiger partial charge on any atom is 0.336 e. The largest absolute Gasteiger partial charge is 0.492 e. The fourth-order valence-electron chi connectivity index (χ4n) is 3.06. The van der Waals surface area contributed by atoms with E-state index < -0.39 is 5.97 Å². The van der Waals surface area contributed by atoms with Crippen molar-refractivity contribution in [3.63, 3.8) is 0 Å². The Morgan fingerprint density at radius 1 is 1.33 bits per heavy atom. The maximum absolute atomic E-state index is 11.6. The minimum absolute atomic E-state index is 0.257. The highest BCUT2D eigenvalue weighted by molar-refractivity contribution is 6.03. The summed E-state index contributed by atoms with van der Waals surface area (Å²) in [6, 6.07) is 5.67. The monoisotopic (exact) mass is 332 g/mol. The SMILES string of the molecule is CC(C)n1ccc2c(C(=O)O)cc(OCCN3CCOCC3)cc21. The van der Waals surface area contributed by atoms with Crippen LogP contribution in [0.2, 0.25) is 0 Å². The van der Waals surface area contributed by atoms with E-state index in [4.69, 9.17) is 9.47 Å². The maximum atomic E-state index is 11.6. The molecule has 2 heterocycles. The number of benzene rings is 1. The van der Waals surface area contributed by atoms with Gasteiger partial charge in [0.1, 0.15) is 12.4 Å². The van der Waals surface area contributed by atoms with Crippen LogP contribution in [0.25, 0.3) is 10.9 Å². The molecule has 2 aromatic rings. The highest BCUT2D eigenvalue weighted by Crippen LogP contribution is 2.28. The number of aromatic nitrogens is 1. The van der Waals surface area contributed by atoms with E-state index in [1.54, 1.807) is 6.07 Å². The number of carboxylic acid groups (broad SMARTS) is 1. The lowest BCUT2D eigenvalue weighted by Gasteiger charge is -2.26. The first-order valence-corrected chi connectivity index (χ1v) is 8.37. The minimum Gasteiger partial charge on any atom is -0.492 e. The van der Waals surface area contributed by atoms with Crippen molar-refractivity contribution in [2.75, 3.05) is 39.5 Å². The summed E-state index contributed by atoms with van der Waals surface area (Å²) < 4.78 is 13.2. The molecule has 1 aromatic carbocycles. The number of fused-ring (bicyclic) bond motifs is 1. The highest BCUT2D eigenvalue weighted by Gasteiger charge is 2.16. The Bertz CT molecular complexity index is 717. The molecule has 0 amide bonds. The van der Waals surface area contributed by atoms with Crippen molar-refractivity contribution in [1.82, 2.24) is 9.47 Å². The average Bonchev–Trinajstić information content (AvgIpc) is 2.99. The minimum atomic E-state index is -0.930. The lowest BCUT2D eigenvalue weighted by Crippen LogP contribution is -2.38. The van der Waals surface area contributed by atoms with Gasteiger partial charge >= 0.3 is 5.97 Å². The molecule has 3 rings (SSSR count). The molecule has 0 spiro atoms. The van der Waals surface area contributed by atoms with Crippen molar-refractivity contribution >= 4 is 16.9 Å². The van der Waals surface area contributed by atoms with Crippen LogP contribution in [0.1, 0.15) is 30.2 Å². The van der Waals surface area contributed by atoms with Gasteiger partial charge in [-0.05, 0) is 26.0 Å². The van der Waals surface area contributed by atoms with Crippen LogP contribution in [0.15, 0.2) is 24.4 Å². The van der Waals surface area contributed by atoms with E-state index in [9.17, 15) is 9.90 Å². The quantitative estimate of drug-likeness (QED) is 0.881. The van der Waals surface area contributed by atoms with E-state index in [0.717, 1.165) is 43.8 Å². The number of aromatic carboxylic acids is 1. The molecular weight excluding hydrogens is 308 g/mol. The Hall–Kier alpha value is -2.05. The standard InChI is InChI=1S/C18H24N2O4/c1-13(2)20-4-3-15-16(18(21)22)11-14(12-17(15)20)24-10-7-19-5-8-23-9-6-19/h3-4,11-13H,5-10H2,1-2H3,(H,21,22). The lowest BCUT2D eigenvalue weighted by atomic mass is 10.1. The van der Waals surface area contributed by atoms with Crippen molar-refractivity contribution in [3.8, 4) is 5.75 Å². The second-order valence-electron chi connectivity index (χ2n) is 6.33. The van der Waals surface area contributed by atoms with Gasteiger partial charge in [-0.25, -0.2) is 4.79 Å². The third-order valence-electron chi connectivity index (χ3n) is 4.38. The first kappa shape index (κ1) is 16.8. The molecule has 0 radical (unpaired) electrons. The molecule has 1 aliphatic heterocycles. The second kappa shape index (κ2) is 7.23. The number of ether oxygens (including phenoxy) is 2. The van der Waals surface area contributed by atoms with Crippen LogP contribution in [0.3, 0.4) is 0 Å². The molecule has 6 nitrogen and oxygen atoms in total. The van der Waals surface area contributed by atoms with Gasteiger partial charge in [0.15, 0.2) is 0 Å². The third kappa shape index (κ3) is 3.55. The van der Waals surface area contributed by atoms with Gasteiger partial charge in [0.2, 0.25) is 0 Å². The van der Waals surface area contributed by atoms with Gasteiger partial charge in [-0.1, -0.05) is 0 Å². The molecule has 0 saturated carbocycles. The van der Waals surface area contributed by atoms with Crippen LogP contribution >= 0.6 is 0 Å². The van der Waals surface area contributed by atoms with Gasteiger partial charge in [-0.15, -0.1) is 0 Å². The van der Waals surface area contributed by atoms with E-state index in [1.807, 2.05) is 18.3 Å². The molecule has 1 aromatic heterocycles. The van der Waals surface area contributed by atoms with Gasteiger partial charge in [-0.2, -0.15) is 0 Å². The third-order valence-corrected chi connectivity index (χ3v) is 4.38. The number of carbonyl (C=O) groups is 1. The number of hydrogen-bond acceptors (Lipinski definition) is 4. The Kier molecular flexibility index (Phi) is 5.06. The van der Waals surface area contributed by atoms with Crippen LogP contribution in [0.5, 0.6) is 5.75 Å². The number of nitrogens with zero attached hydrogens (tertiary/aromatic N) is 2. The molecule has 0 aliphatic carbocycles. The smallest absolute Gasteiger partial charge is 0.336 e. The molecular formula is C18H24N2O4. The average molecular weight is 332 g/mol. The first-order valence-electron chi connectivity index (χ1n) is 8.37. The summed E-state index contributed by atoms with van der Waals surface area (Å²) in [7, 11) is 0. The van der Waals surface area contributed by atoms with Crippen LogP contribution in [0, 0.1) is 0 Å². The van der Waals surface area contributed by atoms with Gasteiger partial charge in [0.05, 0.1) is 24.3 Å². The van der Waals surface area contributed by atoms with E-state index in [0.29, 0.717) is 12.4 Å². The normalized spacial score (nSPS) is 16.0. The Labute approximate surface area is 141 Å². The summed E-state index contributed by atoms with van der Waals surface area (Å²) in [5.41, 5.74) is 1.18. The molecule has 0 bridgehead atoms. The van der Waals surface area contributed by atoms with Gasteiger partial charge in [-0.3, -0.25) is 4.90 Å². The van der Waals surface area contributed by atoms with Crippen LogP contribution in [0.4, 0.5) is 0 Å². The summed E-state index contributed by atoms with van der Waals surface area (Å²) in [6.45, 7) is 8.85. The van der Waals surface area contributed by atoms with Crippen LogP contribution in [-0.2, 0) is 4.74 Å². The van der Waals surface area contributed by atoms with Crippen molar-refractivity contribution in [2.45, 2.75) is 19.9 Å². The zero-order valence-electron chi connectivity index (χ0n) is 14.2. The molecule has 130 valence electrons. The molecule has 1 N–H and O–H groups in total. The summed E-state index contributed by atoms with van der Waals surface area (Å²) in [6.07, 6.45) is 1.93. The van der Waals surface area contributed by atoms with Crippen molar-refractivity contribution in [1.29, 1.82) is 0 Å². The fourth-order valence-corrected chi connectivity index (χ4v) is 3.06. The summed E-state index contributed by atoms with van der Waals surface area (Å²) >= 11 is 0. The number of hydrogen-bond donors (Lipinski definition) is 1. The van der Waals surface area contributed by atoms with E-state index in [2.05, 4.69) is 23.3 Å². The van der Waals surface area contributed by atoms with Crippen molar-refractivity contribution in [3.05, 3.63) is 30.0 Å². The first-order chi connectivity index (χ1) is 11.6. The van der Waals surface area contributed by atoms with Gasteiger partial charge in [0.25, 0.3) is 0 Å². The van der Waals surface area contributed by atoms with E-state index in [-0.39, 0.29) is 11.6 Å². The molecule has 1 aliphatic rings. The van der Waals surface area contributed by atoms with Gasteiger partial charge in [0, 0.05) is 43.3 Å². The molecule has 24 heavy (non-hydrogen) atoms. The van der Waals surface area contributed by atoms with E-state index in [1.165, 1.54) is 0 Å². The zero-order chi connectivity index (χ0) is 17.1. The van der Waals surface area contributed by atoms with Gasteiger partial charge < -0.3 is 19.1 Å². The van der Waals surface area contributed by atoms with Crippen LogP contribution in [-0.4, -0.2) is 60.0 Å². The Morgan fingerprint density at radius 2 is 2.08 bits per heavy atom. The summed E-state index contributed by atoms with van der Waals surface area (Å²) in [5, 5.41) is 10.2. The molecule has 6 heteroatoms. The number of morpholine rings is 1. The zero-order valence-corrected chi connectivity index (χ0v) is 14.2. The number of carboxylic acids is 1. The predicted octanol–water partition coefficient (Wildman–Crippen LogP) is 2.63. The Balaban J connectivity index is 1.79. The second-order valence-corrected chi connectivity index (χ2v) is 6.33. The Morgan fingerprint density at radius 3 is 2.75 bits per heavy atom. The summed E-state index contributed by atoms with van der Waals surface area (Å²) in [5.74, 6) is -0.325. The molecule has 1 saturated heterocycles. The fraction of sp³-hybridized carbons (Fsp3) is 0.500. The number of rotatable bonds is 6. The van der Waals surface area contributed by atoms with E-state index >= 15 is 0 Å². The van der Waals surface area contributed by atoms with Crippen LogP contribution < -0.4 is 4.74 Å². The lowest BCUT2D eigenvalue weighted by molar-refractivity contribution is 0.0322.